The lowest BCUT2D eigenvalue weighted by atomic mass is 10.0. The van der Waals surface area contributed by atoms with E-state index in [1.165, 1.54) is 7.11 Å². The van der Waals surface area contributed by atoms with Crippen LogP contribution in [0.4, 0.5) is 0 Å². The third-order valence-corrected chi connectivity index (χ3v) is 3.09. The van der Waals surface area contributed by atoms with E-state index < -0.39 is 16.6 Å². The number of epoxide rings is 1. The predicted molar refractivity (Wildman–Crippen MR) is 51.2 cm³/mol. The van der Waals surface area contributed by atoms with Gasteiger partial charge in [-0.3, -0.25) is 0 Å². The molecule has 1 rings (SSSR count). The Bertz CT molecular complexity index is 233. The van der Waals surface area contributed by atoms with E-state index in [-0.39, 0.29) is 0 Å². The minimum Gasteiger partial charge on any atom is -0.466 e. The van der Waals surface area contributed by atoms with E-state index in [4.69, 9.17) is 21.1 Å². The Morgan fingerprint density at radius 3 is 2.64 bits per heavy atom. The summed E-state index contributed by atoms with van der Waals surface area (Å²) in [4.78, 5) is 11.2. The summed E-state index contributed by atoms with van der Waals surface area (Å²) < 4.78 is 14.7. The molecule has 0 aromatic rings. The van der Waals surface area contributed by atoms with Crippen LogP contribution in [0.3, 0.4) is 0 Å². The minimum absolute atomic E-state index is 0.529. The van der Waals surface area contributed by atoms with Crippen LogP contribution in [0, 0.1) is 0 Å². The van der Waals surface area contributed by atoms with Crippen LogP contribution in [0.25, 0.3) is 0 Å². The highest BCUT2D eigenvalue weighted by Gasteiger charge is 2.72. The molecule has 1 aliphatic heterocycles. The predicted octanol–water partition coefficient (Wildman–Crippen LogP) is 1.31. The topological polar surface area (TPSA) is 48.1 Å². The summed E-state index contributed by atoms with van der Waals surface area (Å²) in [6.45, 7) is 2.43. The number of esters is 1. The summed E-state index contributed by atoms with van der Waals surface area (Å²) in [5, 5.41) is -1.28. The van der Waals surface area contributed by atoms with Gasteiger partial charge in [0.05, 0.1) is 7.11 Å². The van der Waals surface area contributed by atoms with Crippen LogP contribution in [0.2, 0.25) is 0 Å². The number of alkyl halides is 1. The van der Waals surface area contributed by atoms with E-state index in [1.807, 2.05) is 0 Å². The fraction of sp³-hybridized carbons (Fsp3) is 0.889. The smallest absolute Gasteiger partial charge is 0.357 e. The molecule has 0 radical (unpaired) electrons. The first-order valence-electron chi connectivity index (χ1n) is 4.46. The summed E-state index contributed by atoms with van der Waals surface area (Å²) in [7, 11) is 2.92. The van der Waals surface area contributed by atoms with Gasteiger partial charge in [-0.1, -0.05) is 11.6 Å². The van der Waals surface area contributed by atoms with Gasteiger partial charge in [0.1, 0.15) is 5.60 Å². The molecular weight excluding hydrogens is 208 g/mol. The molecule has 1 saturated heterocycles. The zero-order valence-corrected chi connectivity index (χ0v) is 9.39. The standard InChI is InChI=1S/C9H15ClO4/c1-8(5-4-6-12-2)9(10,14-8)7(11)13-3/h4-6H2,1-3H3. The van der Waals surface area contributed by atoms with Crippen LogP contribution >= 0.6 is 11.6 Å². The molecule has 4 nitrogen and oxygen atoms in total. The lowest BCUT2D eigenvalue weighted by Crippen LogP contribution is -2.28. The van der Waals surface area contributed by atoms with Crippen molar-refractivity contribution >= 4 is 17.6 Å². The Morgan fingerprint density at radius 1 is 1.50 bits per heavy atom. The number of ether oxygens (including phenoxy) is 3. The number of halogens is 1. The third kappa shape index (κ3) is 1.87. The van der Waals surface area contributed by atoms with E-state index >= 15 is 0 Å². The van der Waals surface area contributed by atoms with E-state index in [0.717, 1.165) is 6.42 Å². The van der Waals surface area contributed by atoms with Crippen molar-refractivity contribution < 1.29 is 19.0 Å². The van der Waals surface area contributed by atoms with Gasteiger partial charge in [-0.15, -0.1) is 0 Å². The average Bonchev–Trinajstić information content (AvgIpc) is 2.70. The summed E-state index contributed by atoms with van der Waals surface area (Å²) in [6, 6.07) is 0. The van der Waals surface area contributed by atoms with Gasteiger partial charge < -0.3 is 14.2 Å². The normalized spacial score (nSPS) is 35.4. The largest absolute Gasteiger partial charge is 0.466 e. The zero-order valence-electron chi connectivity index (χ0n) is 8.63. The monoisotopic (exact) mass is 222 g/mol. The number of carbonyl (C=O) groups is 1. The Morgan fingerprint density at radius 2 is 2.14 bits per heavy atom. The van der Waals surface area contributed by atoms with Crippen molar-refractivity contribution in [3.8, 4) is 0 Å². The van der Waals surface area contributed by atoms with Crippen molar-refractivity contribution in [2.24, 2.45) is 0 Å². The zero-order chi connectivity index (χ0) is 10.8. The number of methoxy groups -OCH3 is 2. The van der Waals surface area contributed by atoms with Crippen LogP contribution in [0.1, 0.15) is 19.8 Å². The minimum atomic E-state index is -1.28. The van der Waals surface area contributed by atoms with Gasteiger partial charge >= 0.3 is 5.97 Å². The second-order valence-electron chi connectivity index (χ2n) is 3.52. The highest BCUT2D eigenvalue weighted by molar-refractivity contribution is 6.35. The quantitative estimate of drug-likeness (QED) is 0.305. The maximum absolute atomic E-state index is 11.2. The van der Waals surface area contributed by atoms with E-state index in [1.54, 1.807) is 14.0 Å². The Balaban J connectivity index is 2.44. The first-order valence-corrected chi connectivity index (χ1v) is 4.84. The molecular formula is C9H15ClO4. The van der Waals surface area contributed by atoms with Crippen molar-refractivity contribution in [1.82, 2.24) is 0 Å². The number of carbonyl (C=O) groups excluding carboxylic acids is 1. The molecule has 0 amide bonds. The Hall–Kier alpha value is -0.320. The van der Waals surface area contributed by atoms with Crippen LogP contribution in [0.5, 0.6) is 0 Å². The van der Waals surface area contributed by atoms with Crippen molar-refractivity contribution in [2.75, 3.05) is 20.8 Å². The molecule has 0 bridgehead atoms. The molecule has 0 aromatic carbocycles. The highest BCUT2D eigenvalue weighted by atomic mass is 35.5. The van der Waals surface area contributed by atoms with E-state index in [9.17, 15) is 4.79 Å². The summed E-state index contributed by atoms with van der Waals surface area (Å²) in [5.74, 6) is -0.529. The third-order valence-electron chi connectivity index (χ3n) is 2.45. The first-order chi connectivity index (χ1) is 6.50. The van der Waals surface area contributed by atoms with Gasteiger partial charge in [0, 0.05) is 13.7 Å². The van der Waals surface area contributed by atoms with Gasteiger partial charge in [0.2, 0.25) is 0 Å². The average molecular weight is 223 g/mol. The van der Waals surface area contributed by atoms with Crippen molar-refractivity contribution in [3.05, 3.63) is 0 Å². The van der Waals surface area contributed by atoms with E-state index in [0.29, 0.717) is 13.0 Å². The van der Waals surface area contributed by atoms with Crippen molar-refractivity contribution in [3.63, 3.8) is 0 Å². The lowest BCUT2D eigenvalue weighted by molar-refractivity contribution is -0.143. The number of rotatable bonds is 5. The first kappa shape index (κ1) is 11.8. The molecule has 0 saturated carbocycles. The van der Waals surface area contributed by atoms with Crippen LogP contribution in [-0.2, 0) is 19.0 Å². The van der Waals surface area contributed by atoms with Gasteiger partial charge in [0.15, 0.2) is 0 Å². The van der Waals surface area contributed by atoms with Gasteiger partial charge in [0.25, 0.3) is 5.06 Å². The van der Waals surface area contributed by atoms with Crippen molar-refractivity contribution in [1.29, 1.82) is 0 Å². The fourth-order valence-electron chi connectivity index (χ4n) is 1.44. The molecule has 0 spiro atoms. The fourth-order valence-corrected chi connectivity index (χ4v) is 1.78. The van der Waals surface area contributed by atoms with Crippen molar-refractivity contribution in [2.45, 2.75) is 30.4 Å². The SMILES string of the molecule is COCCCC1(C)OC1(Cl)C(=O)OC. The summed E-state index contributed by atoms with van der Waals surface area (Å²) >= 11 is 5.94. The molecule has 5 heteroatoms. The molecule has 0 N–H and O–H groups in total. The molecule has 1 heterocycles. The molecule has 0 aliphatic carbocycles. The van der Waals surface area contributed by atoms with Crippen LogP contribution in [0.15, 0.2) is 0 Å². The Kier molecular flexibility index (Phi) is 3.40. The summed E-state index contributed by atoms with van der Waals surface area (Å²) in [6.07, 6.45) is 1.48. The maximum Gasteiger partial charge on any atom is 0.357 e. The van der Waals surface area contributed by atoms with Crippen LogP contribution < -0.4 is 0 Å². The highest BCUT2D eigenvalue weighted by Crippen LogP contribution is 2.54. The second kappa shape index (κ2) is 4.04. The molecule has 0 aromatic heterocycles. The Labute approximate surface area is 88.5 Å². The van der Waals surface area contributed by atoms with Gasteiger partial charge in [-0.05, 0) is 19.8 Å². The van der Waals surface area contributed by atoms with Gasteiger partial charge in [-0.25, -0.2) is 4.79 Å². The molecule has 1 fully saturated rings. The molecule has 2 unspecified atom stereocenters. The molecule has 14 heavy (non-hydrogen) atoms. The van der Waals surface area contributed by atoms with E-state index in [2.05, 4.69) is 4.74 Å². The molecule has 1 aliphatic rings. The molecule has 82 valence electrons. The maximum atomic E-state index is 11.2. The van der Waals surface area contributed by atoms with Crippen LogP contribution in [-0.4, -0.2) is 37.5 Å². The lowest BCUT2D eigenvalue weighted by Gasteiger charge is -2.08. The molecule has 2 atom stereocenters. The number of hydrogen-bond donors (Lipinski definition) is 0. The number of hydrogen-bond acceptors (Lipinski definition) is 4. The second-order valence-corrected chi connectivity index (χ2v) is 4.05. The summed E-state index contributed by atoms with van der Waals surface area (Å²) in [5.41, 5.74) is -0.611. The van der Waals surface area contributed by atoms with Gasteiger partial charge in [-0.2, -0.15) is 0 Å².